The van der Waals surface area contributed by atoms with E-state index in [0.29, 0.717) is 12.0 Å². The molecule has 1 saturated heterocycles. The zero-order chi connectivity index (χ0) is 17.2. The summed E-state index contributed by atoms with van der Waals surface area (Å²) in [5, 5.41) is 10.5. The first kappa shape index (κ1) is 16.1. The monoisotopic (exact) mass is 340 g/mol. The summed E-state index contributed by atoms with van der Waals surface area (Å²) in [7, 11) is 0. The van der Waals surface area contributed by atoms with Crippen molar-refractivity contribution < 1.29 is 9.53 Å². The zero-order valence-electron chi connectivity index (χ0n) is 14.4. The first-order chi connectivity index (χ1) is 12.2. The van der Waals surface area contributed by atoms with E-state index in [1.807, 2.05) is 43.5 Å². The highest BCUT2D eigenvalue weighted by Crippen LogP contribution is 2.38. The second-order valence-corrected chi connectivity index (χ2v) is 6.99. The summed E-state index contributed by atoms with van der Waals surface area (Å²) in [4.78, 5) is 12.5. The van der Waals surface area contributed by atoms with Crippen LogP contribution in [0.15, 0.2) is 36.5 Å². The van der Waals surface area contributed by atoms with Crippen LogP contribution >= 0.6 is 0 Å². The van der Waals surface area contributed by atoms with Gasteiger partial charge in [0.2, 0.25) is 0 Å². The SMILES string of the molecule is Cc1ccn(-c2ccccc2NC(=O)N[C@@H]2CCO[C@H](C3CC3)C2)n1. The molecule has 2 heterocycles. The zero-order valence-corrected chi connectivity index (χ0v) is 14.4. The van der Waals surface area contributed by atoms with E-state index in [1.165, 1.54) is 12.8 Å². The number of nitrogens with zero attached hydrogens (tertiary/aromatic N) is 2. The Balaban J connectivity index is 1.41. The third-order valence-electron chi connectivity index (χ3n) is 4.92. The molecule has 2 fully saturated rings. The normalized spacial score (nSPS) is 23.2. The number of urea groups is 1. The van der Waals surface area contributed by atoms with Crippen LogP contribution in [0.25, 0.3) is 5.69 Å². The lowest BCUT2D eigenvalue weighted by Crippen LogP contribution is -2.44. The molecule has 1 aliphatic carbocycles. The van der Waals surface area contributed by atoms with Crippen molar-refractivity contribution in [3.63, 3.8) is 0 Å². The summed E-state index contributed by atoms with van der Waals surface area (Å²) < 4.78 is 7.61. The van der Waals surface area contributed by atoms with Crippen LogP contribution in [0.2, 0.25) is 0 Å². The number of hydrogen-bond donors (Lipinski definition) is 2. The highest BCUT2D eigenvalue weighted by Gasteiger charge is 2.36. The Bertz CT molecular complexity index is 753. The molecular formula is C19H24N4O2. The van der Waals surface area contributed by atoms with Crippen molar-refractivity contribution in [2.75, 3.05) is 11.9 Å². The summed E-state index contributed by atoms with van der Waals surface area (Å²) in [6, 6.07) is 9.64. The number of amides is 2. The molecule has 2 atom stereocenters. The van der Waals surface area contributed by atoms with Crippen LogP contribution in [0.4, 0.5) is 10.5 Å². The van der Waals surface area contributed by atoms with Crippen LogP contribution in [-0.2, 0) is 4.74 Å². The molecule has 0 unspecified atom stereocenters. The van der Waals surface area contributed by atoms with Gasteiger partial charge in [-0.25, -0.2) is 9.48 Å². The third-order valence-corrected chi connectivity index (χ3v) is 4.92. The van der Waals surface area contributed by atoms with Crippen LogP contribution < -0.4 is 10.6 Å². The van der Waals surface area contributed by atoms with Crippen molar-refractivity contribution in [1.82, 2.24) is 15.1 Å². The van der Waals surface area contributed by atoms with Crippen molar-refractivity contribution in [3.05, 3.63) is 42.2 Å². The predicted octanol–water partition coefficient (Wildman–Crippen LogP) is 3.26. The van der Waals surface area contributed by atoms with Crippen molar-refractivity contribution in [2.24, 2.45) is 5.92 Å². The first-order valence-corrected chi connectivity index (χ1v) is 9.00. The highest BCUT2D eigenvalue weighted by molar-refractivity contribution is 5.91. The molecule has 2 N–H and O–H groups in total. The molecule has 1 aromatic carbocycles. The van der Waals surface area contributed by atoms with Crippen molar-refractivity contribution >= 4 is 11.7 Å². The van der Waals surface area contributed by atoms with Gasteiger partial charge < -0.3 is 15.4 Å². The van der Waals surface area contributed by atoms with Crippen molar-refractivity contribution in [1.29, 1.82) is 0 Å². The van der Waals surface area contributed by atoms with Gasteiger partial charge in [0.05, 0.1) is 23.2 Å². The molecule has 6 heteroatoms. The van der Waals surface area contributed by atoms with E-state index >= 15 is 0 Å². The second-order valence-electron chi connectivity index (χ2n) is 6.99. The minimum Gasteiger partial charge on any atom is -0.378 e. The minimum atomic E-state index is -0.169. The van der Waals surface area contributed by atoms with E-state index in [4.69, 9.17) is 4.74 Å². The lowest BCUT2D eigenvalue weighted by Gasteiger charge is -2.30. The smallest absolute Gasteiger partial charge is 0.319 e. The number of anilines is 1. The summed E-state index contributed by atoms with van der Waals surface area (Å²) in [6.07, 6.45) is 6.53. The summed E-state index contributed by atoms with van der Waals surface area (Å²) in [5.74, 6) is 0.705. The number of hydrogen-bond acceptors (Lipinski definition) is 3. The number of carbonyl (C=O) groups excluding carboxylic acids is 1. The first-order valence-electron chi connectivity index (χ1n) is 9.00. The van der Waals surface area contributed by atoms with Crippen LogP contribution in [0.3, 0.4) is 0 Å². The molecule has 0 spiro atoms. The predicted molar refractivity (Wildman–Crippen MR) is 95.9 cm³/mol. The van der Waals surface area contributed by atoms with Gasteiger partial charge in [0.15, 0.2) is 0 Å². The van der Waals surface area contributed by atoms with E-state index < -0.39 is 0 Å². The Morgan fingerprint density at radius 3 is 2.84 bits per heavy atom. The van der Waals surface area contributed by atoms with Gasteiger partial charge in [-0.2, -0.15) is 5.10 Å². The topological polar surface area (TPSA) is 68.2 Å². The summed E-state index contributed by atoms with van der Waals surface area (Å²) >= 11 is 0. The van der Waals surface area contributed by atoms with Crippen molar-refractivity contribution in [2.45, 2.75) is 44.8 Å². The maximum Gasteiger partial charge on any atom is 0.319 e. The van der Waals surface area contributed by atoms with E-state index in [-0.39, 0.29) is 12.1 Å². The molecule has 2 amide bonds. The van der Waals surface area contributed by atoms with Crippen LogP contribution in [-0.4, -0.2) is 34.6 Å². The van der Waals surface area contributed by atoms with Gasteiger partial charge in [-0.05, 0) is 56.7 Å². The fraction of sp³-hybridized carbons (Fsp3) is 0.474. The minimum absolute atomic E-state index is 0.169. The third kappa shape index (κ3) is 3.85. The van der Waals surface area contributed by atoms with E-state index in [0.717, 1.165) is 36.5 Å². The number of para-hydroxylation sites is 2. The molecule has 2 aliphatic rings. The number of ether oxygens (including phenoxy) is 1. The Kier molecular flexibility index (Phi) is 4.44. The molecular weight excluding hydrogens is 316 g/mol. The summed E-state index contributed by atoms with van der Waals surface area (Å²) in [5.41, 5.74) is 2.54. The molecule has 132 valence electrons. The number of carbonyl (C=O) groups is 1. The number of aryl methyl sites for hydroxylation is 1. The Labute approximate surface area is 147 Å². The lowest BCUT2D eigenvalue weighted by atomic mass is 10.0. The molecule has 0 radical (unpaired) electrons. The fourth-order valence-corrected chi connectivity index (χ4v) is 3.43. The van der Waals surface area contributed by atoms with Crippen LogP contribution in [0, 0.1) is 12.8 Å². The average molecular weight is 340 g/mol. The average Bonchev–Trinajstić information content (AvgIpc) is 3.37. The van der Waals surface area contributed by atoms with E-state index in [1.54, 1.807) is 4.68 Å². The van der Waals surface area contributed by atoms with Gasteiger partial charge in [0.1, 0.15) is 0 Å². The summed E-state index contributed by atoms with van der Waals surface area (Å²) in [6.45, 7) is 2.68. The molecule has 4 rings (SSSR count). The standard InChI is InChI=1S/C19H24N4O2/c1-13-8-10-23(22-13)17-5-3-2-4-16(17)21-19(24)20-15-9-11-25-18(12-15)14-6-7-14/h2-5,8,10,14-15,18H,6-7,9,11-12H2,1H3,(H2,20,21,24)/t15-,18+/m1/s1. The molecule has 1 aromatic heterocycles. The fourth-order valence-electron chi connectivity index (χ4n) is 3.43. The van der Waals surface area contributed by atoms with Crippen molar-refractivity contribution in [3.8, 4) is 5.69 Å². The van der Waals surface area contributed by atoms with Gasteiger partial charge in [0, 0.05) is 18.8 Å². The second kappa shape index (κ2) is 6.88. The number of aromatic nitrogens is 2. The van der Waals surface area contributed by atoms with Gasteiger partial charge in [-0.3, -0.25) is 0 Å². The van der Waals surface area contributed by atoms with Crippen LogP contribution in [0.5, 0.6) is 0 Å². The Morgan fingerprint density at radius 2 is 2.08 bits per heavy atom. The molecule has 1 aliphatic heterocycles. The van der Waals surface area contributed by atoms with Crippen LogP contribution in [0.1, 0.15) is 31.4 Å². The Hall–Kier alpha value is -2.34. The molecule has 6 nitrogen and oxygen atoms in total. The molecule has 1 saturated carbocycles. The van der Waals surface area contributed by atoms with E-state index in [9.17, 15) is 4.79 Å². The van der Waals surface area contributed by atoms with Gasteiger partial charge >= 0.3 is 6.03 Å². The number of rotatable bonds is 4. The largest absolute Gasteiger partial charge is 0.378 e. The number of benzene rings is 1. The molecule has 25 heavy (non-hydrogen) atoms. The lowest BCUT2D eigenvalue weighted by molar-refractivity contribution is -0.00889. The quantitative estimate of drug-likeness (QED) is 0.898. The van der Waals surface area contributed by atoms with E-state index in [2.05, 4.69) is 15.7 Å². The molecule has 2 aromatic rings. The number of nitrogens with one attached hydrogen (secondary N) is 2. The maximum absolute atomic E-state index is 12.5. The van der Waals surface area contributed by atoms with Gasteiger partial charge in [0.25, 0.3) is 0 Å². The van der Waals surface area contributed by atoms with Gasteiger partial charge in [-0.15, -0.1) is 0 Å². The highest BCUT2D eigenvalue weighted by atomic mass is 16.5. The molecule has 0 bridgehead atoms. The Morgan fingerprint density at radius 1 is 1.24 bits per heavy atom. The van der Waals surface area contributed by atoms with Gasteiger partial charge in [-0.1, -0.05) is 12.1 Å². The maximum atomic E-state index is 12.5.